The van der Waals surface area contributed by atoms with Crippen LogP contribution in [0.5, 0.6) is 0 Å². The van der Waals surface area contributed by atoms with E-state index in [1.54, 1.807) is 18.2 Å². The van der Waals surface area contributed by atoms with Gasteiger partial charge in [0.15, 0.2) is 5.82 Å². The molecular weight excluding hydrogens is 327 g/mol. The number of primary amides is 1. The van der Waals surface area contributed by atoms with Crippen molar-refractivity contribution in [1.29, 1.82) is 0 Å². The minimum absolute atomic E-state index is 0.0691. The molecule has 25 heavy (non-hydrogen) atoms. The third-order valence-electron chi connectivity index (χ3n) is 3.22. The topological polar surface area (TPSA) is 126 Å². The van der Waals surface area contributed by atoms with Crippen molar-refractivity contribution < 1.29 is 14.0 Å². The number of hydrogen-bond acceptors (Lipinski definition) is 5. The lowest BCUT2D eigenvalue weighted by Gasteiger charge is -2.10. The zero-order valence-corrected chi connectivity index (χ0v) is 12.8. The second-order valence-corrected chi connectivity index (χ2v) is 5.02. The maximum Gasteiger partial charge on any atom is 0.266 e. The Balaban J connectivity index is 1.81. The van der Waals surface area contributed by atoms with Gasteiger partial charge in [-0.3, -0.25) is 14.7 Å². The first-order valence-corrected chi connectivity index (χ1v) is 7.17. The largest absolute Gasteiger partial charge is 0.364 e. The summed E-state index contributed by atoms with van der Waals surface area (Å²) in [7, 11) is 0. The maximum atomic E-state index is 13.3. The fourth-order valence-electron chi connectivity index (χ4n) is 2.09. The van der Waals surface area contributed by atoms with E-state index in [0.29, 0.717) is 5.69 Å². The summed E-state index contributed by atoms with van der Waals surface area (Å²) in [4.78, 5) is 27.6. The average Bonchev–Trinajstić information content (AvgIpc) is 3.04. The van der Waals surface area contributed by atoms with Crippen LogP contribution < -0.4 is 16.4 Å². The van der Waals surface area contributed by atoms with Crippen molar-refractivity contribution in [2.24, 2.45) is 5.73 Å². The van der Waals surface area contributed by atoms with E-state index >= 15 is 0 Å². The lowest BCUT2D eigenvalue weighted by molar-refractivity contribution is 0.0993. The van der Waals surface area contributed by atoms with Gasteiger partial charge in [0.1, 0.15) is 17.3 Å². The van der Waals surface area contributed by atoms with Crippen LogP contribution in [-0.2, 0) is 0 Å². The quantitative estimate of drug-likeness (QED) is 0.565. The van der Waals surface area contributed by atoms with Crippen LogP contribution in [0.1, 0.15) is 20.8 Å². The molecule has 126 valence electrons. The number of aromatic nitrogens is 3. The summed E-state index contributed by atoms with van der Waals surface area (Å²) < 4.78 is 13.3. The third-order valence-corrected chi connectivity index (χ3v) is 3.22. The number of carbonyl (C=O) groups is 2. The van der Waals surface area contributed by atoms with Crippen LogP contribution >= 0.6 is 0 Å². The Morgan fingerprint density at radius 1 is 1.16 bits per heavy atom. The normalized spacial score (nSPS) is 10.3. The molecule has 8 nitrogen and oxygen atoms in total. The van der Waals surface area contributed by atoms with Crippen molar-refractivity contribution in [3.05, 3.63) is 65.7 Å². The van der Waals surface area contributed by atoms with Gasteiger partial charge in [0, 0.05) is 18.0 Å². The Kier molecular flexibility index (Phi) is 4.38. The number of pyridine rings is 1. The lowest BCUT2D eigenvalue weighted by Crippen LogP contribution is -2.15. The van der Waals surface area contributed by atoms with Crippen LogP contribution in [0, 0.1) is 5.82 Å². The highest BCUT2D eigenvalue weighted by atomic mass is 19.1. The number of rotatable bonds is 5. The summed E-state index contributed by atoms with van der Waals surface area (Å²) in [5, 5.41) is 11.6. The molecular formula is C16H13FN6O2. The van der Waals surface area contributed by atoms with Gasteiger partial charge in [0.25, 0.3) is 11.8 Å². The van der Waals surface area contributed by atoms with E-state index in [1.807, 2.05) is 0 Å². The smallest absolute Gasteiger partial charge is 0.266 e. The molecule has 3 aromatic rings. The Bertz CT molecular complexity index is 940. The van der Waals surface area contributed by atoms with Gasteiger partial charge in [0.05, 0.1) is 5.56 Å². The maximum absolute atomic E-state index is 13.3. The van der Waals surface area contributed by atoms with E-state index in [2.05, 4.69) is 25.8 Å². The number of hydrogen-bond donors (Lipinski definition) is 4. The van der Waals surface area contributed by atoms with Crippen molar-refractivity contribution in [1.82, 2.24) is 15.2 Å². The van der Waals surface area contributed by atoms with Crippen LogP contribution in [0.3, 0.4) is 0 Å². The van der Waals surface area contributed by atoms with Crippen LogP contribution in [0.2, 0.25) is 0 Å². The first kappa shape index (κ1) is 16.1. The predicted molar refractivity (Wildman–Crippen MR) is 89.0 cm³/mol. The van der Waals surface area contributed by atoms with Crippen molar-refractivity contribution in [2.75, 3.05) is 10.6 Å². The molecule has 0 bridgehead atoms. The van der Waals surface area contributed by atoms with E-state index in [-0.39, 0.29) is 22.9 Å². The van der Waals surface area contributed by atoms with E-state index in [9.17, 15) is 14.0 Å². The molecule has 0 unspecified atom stereocenters. The molecule has 9 heteroatoms. The van der Waals surface area contributed by atoms with Crippen LogP contribution in [0.15, 0.2) is 48.7 Å². The summed E-state index contributed by atoms with van der Waals surface area (Å²) in [6.07, 6.45) is 1.50. The average molecular weight is 340 g/mol. The van der Waals surface area contributed by atoms with Gasteiger partial charge in [-0.05, 0) is 30.3 Å². The Morgan fingerprint density at radius 2 is 2.00 bits per heavy atom. The molecule has 0 fully saturated rings. The Hall–Kier alpha value is -3.75. The number of carbonyl (C=O) groups excluding carboxylic acids is 2. The Labute approximate surface area is 141 Å². The van der Waals surface area contributed by atoms with Crippen LogP contribution in [-0.4, -0.2) is 27.0 Å². The molecule has 5 N–H and O–H groups in total. The number of benzene rings is 1. The number of nitrogens with zero attached hydrogens (tertiary/aromatic N) is 2. The SMILES string of the molecule is NC(=O)c1cc(NC(=O)c2cccnc2Nc2cccc(F)c2)n[nH]1. The third kappa shape index (κ3) is 3.78. The van der Waals surface area contributed by atoms with Gasteiger partial charge in [-0.15, -0.1) is 0 Å². The standard InChI is InChI=1S/C16H13FN6O2/c17-9-3-1-4-10(7-9)20-15-11(5-2-6-19-15)16(25)21-13-8-12(14(18)24)22-23-13/h1-8H,(H2,18,24)(H,19,20)(H2,21,22,23,25). The first-order valence-electron chi connectivity index (χ1n) is 7.17. The highest BCUT2D eigenvalue weighted by molar-refractivity contribution is 6.07. The van der Waals surface area contributed by atoms with Gasteiger partial charge in [-0.25, -0.2) is 9.37 Å². The number of halogens is 1. The second-order valence-electron chi connectivity index (χ2n) is 5.02. The molecule has 0 aliphatic heterocycles. The highest BCUT2D eigenvalue weighted by Crippen LogP contribution is 2.20. The van der Waals surface area contributed by atoms with Crippen LogP contribution in [0.4, 0.5) is 21.7 Å². The molecule has 2 heterocycles. The Morgan fingerprint density at radius 3 is 2.72 bits per heavy atom. The molecule has 0 atom stereocenters. The first-order chi connectivity index (χ1) is 12.0. The van der Waals surface area contributed by atoms with E-state index in [1.165, 1.54) is 30.5 Å². The van der Waals surface area contributed by atoms with Gasteiger partial charge in [-0.1, -0.05) is 6.07 Å². The van der Waals surface area contributed by atoms with Gasteiger partial charge >= 0.3 is 0 Å². The molecule has 2 aromatic heterocycles. The number of H-pyrrole nitrogens is 1. The fraction of sp³-hybridized carbons (Fsp3) is 0. The number of nitrogens with two attached hydrogens (primary N) is 1. The zero-order chi connectivity index (χ0) is 17.8. The van der Waals surface area contributed by atoms with Gasteiger partial charge in [0.2, 0.25) is 0 Å². The number of aromatic amines is 1. The zero-order valence-electron chi connectivity index (χ0n) is 12.8. The monoisotopic (exact) mass is 340 g/mol. The molecule has 0 aliphatic rings. The van der Waals surface area contributed by atoms with E-state index in [0.717, 1.165) is 0 Å². The van der Waals surface area contributed by atoms with Crippen LogP contribution in [0.25, 0.3) is 0 Å². The molecule has 0 radical (unpaired) electrons. The summed E-state index contributed by atoms with van der Waals surface area (Å²) in [6, 6.07) is 10.2. The molecule has 2 amide bonds. The van der Waals surface area contributed by atoms with Gasteiger partial charge in [-0.2, -0.15) is 5.10 Å². The highest BCUT2D eigenvalue weighted by Gasteiger charge is 2.15. The molecule has 1 aromatic carbocycles. The molecule has 0 spiro atoms. The molecule has 0 aliphatic carbocycles. The summed E-state index contributed by atoms with van der Waals surface area (Å²) in [5.74, 6) is -1.23. The molecule has 3 rings (SSSR count). The number of amides is 2. The van der Waals surface area contributed by atoms with E-state index in [4.69, 9.17) is 5.73 Å². The minimum Gasteiger partial charge on any atom is -0.364 e. The van der Waals surface area contributed by atoms with Crippen molar-refractivity contribution in [2.45, 2.75) is 0 Å². The second kappa shape index (κ2) is 6.79. The van der Waals surface area contributed by atoms with E-state index < -0.39 is 17.6 Å². The summed E-state index contributed by atoms with van der Waals surface area (Å²) in [6.45, 7) is 0. The summed E-state index contributed by atoms with van der Waals surface area (Å²) in [5.41, 5.74) is 5.85. The van der Waals surface area contributed by atoms with Crippen molar-refractivity contribution in [3.8, 4) is 0 Å². The van der Waals surface area contributed by atoms with Crippen molar-refractivity contribution >= 4 is 29.1 Å². The molecule has 0 saturated heterocycles. The fourth-order valence-corrected chi connectivity index (χ4v) is 2.09. The van der Waals surface area contributed by atoms with Crippen molar-refractivity contribution in [3.63, 3.8) is 0 Å². The predicted octanol–water partition coefficient (Wildman–Crippen LogP) is 2.04. The minimum atomic E-state index is -0.692. The number of nitrogens with one attached hydrogen (secondary N) is 3. The van der Waals surface area contributed by atoms with Gasteiger partial charge < -0.3 is 16.4 Å². The molecule has 0 saturated carbocycles. The lowest BCUT2D eigenvalue weighted by atomic mass is 10.2. The summed E-state index contributed by atoms with van der Waals surface area (Å²) >= 11 is 0. The number of anilines is 3.